The maximum atomic E-state index is 5.88. The molecule has 0 aromatic heterocycles. The van der Waals surface area contributed by atoms with Gasteiger partial charge in [0.2, 0.25) is 0 Å². The molecule has 2 aliphatic rings. The van der Waals surface area contributed by atoms with Crippen LogP contribution in [0.4, 0.5) is 0 Å². The van der Waals surface area contributed by atoms with E-state index in [0.717, 1.165) is 31.1 Å². The van der Waals surface area contributed by atoms with Crippen LogP contribution in [-0.4, -0.2) is 30.5 Å². The molecule has 1 N–H and O–H groups in total. The predicted molar refractivity (Wildman–Crippen MR) is 67.3 cm³/mol. The van der Waals surface area contributed by atoms with E-state index in [0.29, 0.717) is 5.25 Å². The first-order valence-electron chi connectivity index (χ1n) is 5.55. The van der Waals surface area contributed by atoms with Crippen molar-refractivity contribution in [2.24, 2.45) is 0 Å². The molecule has 86 valence electrons. The Hall–Kier alpha value is -0.220. The number of thioether (sulfide) groups is 1. The number of benzene rings is 1. The lowest BCUT2D eigenvalue weighted by Crippen LogP contribution is -2.41. The van der Waals surface area contributed by atoms with Crippen molar-refractivity contribution >= 4 is 23.4 Å². The molecule has 1 spiro atoms. The molecule has 1 saturated heterocycles. The lowest BCUT2D eigenvalue weighted by atomic mass is 10.3. The smallest absolute Gasteiger partial charge is 0.0941 e. The van der Waals surface area contributed by atoms with Crippen molar-refractivity contribution in [2.45, 2.75) is 22.2 Å². The van der Waals surface area contributed by atoms with E-state index in [9.17, 15) is 0 Å². The largest absolute Gasteiger partial charge is 0.371 e. The topological polar surface area (TPSA) is 21.3 Å². The van der Waals surface area contributed by atoms with Crippen molar-refractivity contribution < 1.29 is 4.74 Å². The Morgan fingerprint density at radius 3 is 2.88 bits per heavy atom. The maximum absolute atomic E-state index is 5.88. The van der Waals surface area contributed by atoms with Crippen LogP contribution in [0.2, 0.25) is 5.02 Å². The molecular weight excluding hydrogens is 242 g/mol. The number of hydrogen-bond donors (Lipinski definition) is 1. The Kier molecular flexibility index (Phi) is 2.88. The van der Waals surface area contributed by atoms with Crippen LogP contribution in [-0.2, 0) is 4.74 Å². The van der Waals surface area contributed by atoms with E-state index in [1.54, 1.807) is 0 Å². The van der Waals surface area contributed by atoms with Gasteiger partial charge in [0, 0.05) is 28.3 Å². The van der Waals surface area contributed by atoms with Crippen LogP contribution in [0.3, 0.4) is 0 Å². The molecule has 1 aromatic rings. The van der Waals surface area contributed by atoms with E-state index >= 15 is 0 Å². The van der Waals surface area contributed by atoms with Crippen molar-refractivity contribution in [1.29, 1.82) is 0 Å². The normalized spacial score (nSPS) is 32.9. The number of rotatable bonds is 2. The predicted octanol–water partition coefficient (Wildman–Crippen LogP) is 2.56. The first kappa shape index (κ1) is 10.9. The Labute approximate surface area is 105 Å². The summed E-state index contributed by atoms with van der Waals surface area (Å²) >= 11 is 7.76. The summed E-state index contributed by atoms with van der Waals surface area (Å²) in [6.07, 6.45) is 1.16. The van der Waals surface area contributed by atoms with E-state index in [4.69, 9.17) is 16.3 Å². The van der Waals surface area contributed by atoms with Gasteiger partial charge in [-0.2, -0.15) is 0 Å². The lowest BCUT2D eigenvalue weighted by Gasteiger charge is -2.24. The standard InChI is InChI=1S/C12H14ClNOS/c13-9-1-3-10(4-2-9)16-11-7-12(11)8-14-5-6-15-12/h1-4,11,14H,5-8H2/t11-,12+/m0/s1. The molecule has 0 bridgehead atoms. The first-order valence-corrected chi connectivity index (χ1v) is 6.81. The fraction of sp³-hybridized carbons (Fsp3) is 0.500. The van der Waals surface area contributed by atoms with Gasteiger partial charge in [-0.3, -0.25) is 0 Å². The molecule has 1 saturated carbocycles. The van der Waals surface area contributed by atoms with E-state index in [1.807, 2.05) is 23.9 Å². The first-order chi connectivity index (χ1) is 7.78. The van der Waals surface area contributed by atoms with Gasteiger partial charge in [-0.05, 0) is 30.7 Å². The summed E-state index contributed by atoms with van der Waals surface area (Å²) < 4.78 is 5.88. The van der Waals surface area contributed by atoms with E-state index in [1.165, 1.54) is 4.90 Å². The summed E-state index contributed by atoms with van der Waals surface area (Å²) in [7, 11) is 0. The summed E-state index contributed by atoms with van der Waals surface area (Å²) in [6.45, 7) is 2.83. The fourth-order valence-electron chi connectivity index (χ4n) is 2.10. The molecule has 3 rings (SSSR count). The molecule has 1 aromatic carbocycles. The molecule has 1 heterocycles. The zero-order valence-corrected chi connectivity index (χ0v) is 10.5. The van der Waals surface area contributed by atoms with Crippen molar-refractivity contribution in [3.63, 3.8) is 0 Å². The van der Waals surface area contributed by atoms with Gasteiger partial charge in [0.05, 0.1) is 12.2 Å². The fourth-order valence-corrected chi connectivity index (χ4v) is 3.58. The summed E-state index contributed by atoms with van der Waals surface area (Å²) in [6, 6.07) is 8.04. The van der Waals surface area contributed by atoms with E-state index < -0.39 is 0 Å². The van der Waals surface area contributed by atoms with Gasteiger partial charge in [-0.1, -0.05) is 11.6 Å². The highest BCUT2D eigenvalue weighted by molar-refractivity contribution is 8.00. The minimum absolute atomic E-state index is 0.114. The second kappa shape index (κ2) is 4.22. The van der Waals surface area contributed by atoms with Crippen LogP contribution in [0.5, 0.6) is 0 Å². The molecule has 4 heteroatoms. The molecular formula is C12H14ClNOS. The van der Waals surface area contributed by atoms with Crippen molar-refractivity contribution in [3.8, 4) is 0 Å². The molecule has 2 fully saturated rings. The van der Waals surface area contributed by atoms with Gasteiger partial charge < -0.3 is 10.1 Å². The Morgan fingerprint density at radius 2 is 2.19 bits per heavy atom. The minimum atomic E-state index is 0.114. The van der Waals surface area contributed by atoms with Gasteiger partial charge >= 0.3 is 0 Å². The number of nitrogens with one attached hydrogen (secondary N) is 1. The molecule has 1 aliphatic heterocycles. The minimum Gasteiger partial charge on any atom is -0.371 e. The van der Waals surface area contributed by atoms with E-state index in [-0.39, 0.29) is 5.60 Å². The number of halogens is 1. The van der Waals surface area contributed by atoms with Gasteiger partial charge in [-0.15, -0.1) is 11.8 Å². The zero-order valence-electron chi connectivity index (χ0n) is 8.91. The van der Waals surface area contributed by atoms with Crippen LogP contribution in [0.15, 0.2) is 29.2 Å². The summed E-state index contributed by atoms with van der Waals surface area (Å²) in [4.78, 5) is 1.28. The van der Waals surface area contributed by atoms with Crippen LogP contribution >= 0.6 is 23.4 Å². The quantitative estimate of drug-likeness (QED) is 0.878. The van der Waals surface area contributed by atoms with Crippen LogP contribution in [0.25, 0.3) is 0 Å². The monoisotopic (exact) mass is 255 g/mol. The van der Waals surface area contributed by atoms with Crippen LogP contribution in [0.1, 0.15) is 6.42 Å². The lowest BCUT2D eigenvalue weighted by molar-refractivity contribution is 0.0102. The van der Waals surface area contributed by atoms with E-state index in [2.05, 4.69) is 17.4 Å². The molecule has 0 unspecified atom stereocenters. The third-order valence-corrected chi connectivity index (χ3v) is 4.82. The maximum Gasteiger partial charge on any atom is 0.0941 e. The highest BCUT2D eigenvalue weighted by Gasteiger charge is 2.56. The van der Waals surface area contributed by atoms with Crippen LogP contribution in [0, 0.1) is 0 Å². The summed E-state index contributed by atoms with van der Waals surface area (Å²) in [5.41, 5.74) is 0.114. The summed E-state index contributed by atoms with van der Waals surface area (Å²) in [5, 5.41) is 4.80. The van der Waals surface area contributed by atoms with Crippen molar-refractivity contribution in [1.82, 2.24) is 5.32 Å². The molecule has 1 aliphatic carbocycles. The summed E-state index contributed by atoms with van der Waals surface area (Å²) in [5.74, 6) is 0. The van der Waals surface area contributed by atoms with Gasteiger partial charge in [-0.25, -0.2) is 0 Å². The SMILES string of the molecule is Clc1ccc(S[C@H]2C[C@@]23CNCCO3)cc1. The molecule has 16 heavy (non-hydrogen) atoms. The Morgan fingerprint density at radius 1 is 1.38 bits per heavy atom. The Balaban J connectivity index is 1.62. The van der Waals surface area contributed by atoms with Gasteiger partial charge in [0.25, 0.3) is 0 Å². The van der Waals surface area contributed by atoms with Gasteiger partial charge in [0.15, 0.2) is 0 Å². The second-order valence-electron chi connectivity index (χ2n) is 4.35. The molecule has 2 nitrogen and oxygen atoms in total. The average molecular weight is 256 g/mol. The Bertz CT molecular complexity index is 375. The van der Waals surface area contributed by atoms with Crippen LogP contribution < -0.4 is 5.32 Å². The molecule has 0 radical (unpaired) electrons. The highest BCUT2D eigenvalue weighted by atomic mass is 35.5. The third-order valence-electron chi connectivity index (χ3n) is 3.14. The zero-order chi connectivity index (χ0) is 11.0. The van der Waals surface area contributed by atoms with Crippen molar-refractivity contribution in [3.05, 3.63) is 29.3 Å². The van der Waals surface area contributed by atoms with Crippen molar-refractivity contribution in [2.75, 3.05) is 19.7 Å². The van der Waals surface area contributed by atoms with Gasteiger partial charge in [0.1, 0.15) is 0 Å². The number of ether oxygens (including phenoxy) is 1. The molecule has 0 amide bonds. The molecule has 2 atom stereocenters. The third kappa shape index (κ3) is 2.09. The average Bonchev–Trinajstić information content (AvgIpc) is 2.95. The second-order valence-corrected chi connectivity index (χ2v) is 6.07. The highest BCUT2D eigenvalue weighted by Crippen LogP contribution is 2.51. The number of hydrogen-bond acceptors (Lipinski definition) is 3. The number of morpholine rings is 1.